The standard InChI is InChI=1S/C23H30N2O/c1-23(2,3)20-13-11-19(12-14-20)22(26)24-15-7-17-25-16-6-9-18-8-4-5-10-21(18)25/h4-5,8,10-14H,6-7,9,15-17H2,1-3H3,(H,24,26). The Morgan fingerprint density at radius 2 is 1.81 bits per heavy atom. The quantitative estimate of drug-likeness (QED) is 0.802. The Morgan fingerprint density at radius 3 is 2.54 bits per heavy atom. The van der Waals surface area contributed by atoms with Crippen LogP contribution in [0.3, 0.4) is 0 Å². The van der Waals surface area contributed by atoms with Gasteiger partial charge in [-0.25, -0.2) is 0 Å². The first-order valence-corrected chi connectivity index (χ1v) is 9.67. The van der Waals surface area contributed by atoms with Crippen molar-refractivity contribution in [3.05, 3.63) is 65.2 Å². The zero-order valence-electron chi connectivity index (χ0n) is 16.2. The molecule has 26 heavy (non-hydrogen) atoms. The van der Waals surface area contributed by atoms with Crippen LogP contribution in [0.1, 0.15) is 55.1 Å². The van der Waals surface area contributed by atoms with E-state index in [-0.39, 0.29) is 11.3 Å². The number of nitrogens with one attached hydrogen (secondary N) is 1. The molecule has 1 amide bonds. The summed E-state index contributed by atoms with van der Waals surface area (Å²) in [5, 5.41) is 3.06. The molecule has 0 saturated heterocycles. The second-order valence-electron chi connectivity index (χ2n) is 8.16. The molecule has 3 rings (SSSR count). The van der Waals surface area contributed by atoms with Gasteiger partial charge < -0.3 is 10.2 Å². The molecule has 3 heteroatoms. The minimum Gasteiger partial charge on any atom is -0.371 e. The molecule has 0 unspecified atom stereocenters. The molecule has 0 aliphatic carbocycles. The van der Waals surface area contributed by atoms with Gasteiger partial charge in [-0.05, 0) is 54.0 Å². The van der Waals surface area contributed by atoms with Crippen LogP contribution < -0.4 is 10.2 Å². The Balaban J connectivity index is 1.48. The molecule has 3 nitrogen and oxygen atoms in total. The summed E-state index contributed by atoms with van der Waals surface area (Å²) in [6.07, 6.45) is 3.34. The molecular weight excluding hydrogens is 320 g/mol. The summed E-state index contributed by atoms with van der Waals surface area (Å²) in [5.74, 6) is 0.0181. The Labute approximate surface area is 157 Å². The van der Waals surface area contributed by atoms with Gasteiger partial charge >= 0.3 is 0 Å². The molecule has 0 spiro atoms. The molecular formula is C23H30N2O. The van der Waals surface area contributed by atoms with Crippen molar-refractivity contribution in [2.75, 3.05) is 24.5 Å². The van der Waals surface area contributed by atoms with Crippen LogP contribution in [0.5, 0.6) is 0 Å². The van der Waals surface area contributed by atoms with E-state index < -0.39 is 0 Å². The van der Waals surface area contributed by atoms with Gasteiger partial charge in [0.1, 0.15) is 0 Å². The Bertz CT molecular complexity index is 744. The molecule has 0 aromatic heterocycles. The highest BCUT2D eigenvalue weighted by molar-refractivity contribution is 5.94. The summed E-state index contributed by atoms with van der Waals surface area (Å²) in [6.45, 7) is 9.35. The first-order chi connectivity index (χ1) is 12.4. The van der Waals surface area contributed by atoms with Gasteiger partial charge in [0.25, 0.3) is 5.91 Å². The van der Waals surface area contributed by atoms with E-state index in [0.29, 0.717) is 6.54 Å². The number of fused-ring (bicyclic) bond motifs is 1. The van der Waals surface area contributed by atoms with Crippen molar-refractivity contribution in [3.8, 4) is 0 Å². The first kappa shape index (κ1) is 18.5. The van der Waals surface area contributed by atoms with Gasteiger partial charge in [-0.1, -0.05) is 51.1 Å². The van der Waals surface area contributed by atoms with Crippen LogP contribution in [0.15, 0.2) is 48.5 Å². The van der Waals surface area contributed by atoms with Crippen molar-refractivity contribution >= 4 is 11.6 Å². The van der Waals surface area contributed by atoms with Crippen LogP contribution in [0, 0.1) is 0 Å². The highest BCUT2D eigenvalue weighted by Crippen LogP contribution is 2.26. The van der Waals surface area contributed by atoms with E-state index >= 15 is 0 Å². The Kier molecular flexibility index (Phi) is 5.65. The molecule has 0 radical (unpaired) electrons. The summed E-state index contributed by atoms with van der Waals surface area (Å²) in [5.41, 5.74) is 4.91. The molecule has 2 aromatic carbocycles. The van der Waals surface area contributed by atoms with Crippen LogP contribution in [0.4, 0.5) is 5.69 Å². The Morgan fingerprint density at radius 1 is 1.08 bits per heavy atom. The number of hydrogen-bond donors (Lipinski definition) is 1. The SMILES string of the molecule is CC(C)(C)c1ccc(C(=O)NCCCN2CCCc3ccccc32)cc1. The van der Waals surface area contributed by atoms with Crippen LogP contribution in [-0.4, -0.2) is 25.5 Å². The number of carbonyl (C=O) groups excluding carboxylic acids is 1. The van der Waals surface area contributed by atoms with E-state index in [2.05, 4.69) is 67.4 Å². The number of para-hydroxylation sites is 1. The Hall–Kier alpha value is -2.29. The van der Waals surface area contributed by atoms with E-state index in [1.54, 1.807) is 0 Å². The second-order valence-corrected chi connectivity index (χ2v) is 8.16. The van der Waals surface area contributed by atoms with E-state index in [1.165, 1.54) is 29.7 Å². The highest BCUT2D eigenvalue weighted by atomic mass is 16.1. The molecule has 2 aromatic rings. The lowest BCUT2D eigenvalue weighted by atomic mass is 9.87. The topological polar surface area (TPSA) is 32.3 Å². The molecule has 0 fully saturated rings. The monoisotopic (exact) mass is 350 g/mol. The molecule has 0 atom stereocenters. The average Bonchev–Trinajstić information content (AvgIpc) is 2.64. The van der Waals surface area contributed by atoms with Crippen molar-refractivity contribution in [1.29, 1.82) is 0 Å². The minimum atomic E-state index is 0.0181. The summed E-state index contributed by atoms with van der Waals surface area (Å²) in [6, 6.07) is 16.6. The molecule has 1 heterocycles. The fourth-order valence-electron chi connectivity index (χ4n) is 3.54. The van der Waals surface area contributed by atoms with Crippen LogP contribution >= 0.6 is 0 Å². The van der Waals surface area contributed by atoms with E-state index in [1.807, 2.05) is 12.1 Å². The fourth-order valence-corrected chi connectivity index (χ4v) is 3.54. The predicted octanol–water partition coefficient (Wildman–Crippen LogP) is 4.56. The lowest BCUT2D eigenvalue weighted by Gasteiger charge is -2.31. The van der Waals surface area contributed by atoms with Crippen molar-refractivity contribution in [1.82, 2.24) is 5.32 Å². The number of hydrogen-bond acceptors (Lipinski definition) is 2. The number of carbonyl (C=O) groups is 1. The third-order valence-electron chi connectivity index (χ3n) is 5.11. The molecule has 1 aliphatic rings. The highest BCUT2D eigenvalue weighted by Gasteiger charge is 2.16. The molecule has 1 aliphatic heterocycles. The number of nitrogens with zero attached hydrogens (tertiary/aromatic N) is 1. The summed E-state index contributed by atoms with van der Waals surface area (Å²) >= 11 is 0. The van der Waals surface area contributed by atoms with Gasteiger partial charge in [0.15, 0.2) is 0 Å². The van der Waals surface area contributed by atoms with Gasteiger partial charge in [0, 0.05) is 30.9 Å². The van der Waals surface area contributed by atoms with Crippen molar-refractivity contribution < 1.29 is 4.79 Å². The summed E-state index contributed by atoms with van der Waals surface area (Å²) < 4.78 is 0. The van der Waals surface area contributed by atoms with Crippen LogP contribution in [0.2, 0.25) is 0 Å². The molecule has 138 valence electrons. The van der Waals surface area contributed by atoms with Crippen LogP contribution in [-0.2, 0) is 11.8 Å². The van der Waals surface area contributed by atoms with E-state index in [4.69, 9.17) is 0 Å². The zero-order chi connectivity index (χ0) is 18.6. The zero-order valence-corrected chi connectivity index (χ0v) is 16.2. The normalized spacial score (nSPS) is 14.0. The van der Waals surface area contributed by atoms with Gasteiger partial charge in [0.05, 0.1) is 0 Å². The number of anilines is 1. The number of rotatable bonds is 5. The molecule has 0 saturated carbocycles. The van der Waals surface area contributed by atoms with E-state index in [9.17, 15) is 4.79 Å². The maximum Gasteiger partial charge on any atom is 0.251 e. The van der Waals surface area contributed by atoms with Crippen molar-refractivity contribution in [2.45, 2.75) is 45.4 Å². The van der Waals surface area contributed by atoms with Gasteiger partial charge in [-0.15, -0.1) is 0 Å². The molecule has 1 N–H and O–H groups in total. The summed E-state index contributed by atoms with van der Waals surface area (Å²) in [7, 11) is 0. The largest absolute Gasteiger partial charge is 0.371 e. The number of aryl methyl sites for hydroxylation is 1. The summed E-state index contributed by atoms with van der Waals surface area (Å²) in [4.78, 5) is 14.8. The fraction of sp³-hybridized carbons (Fsp3) is 0.435. The third kappa shape index (κ3) is 4.46. The number of benzene rings is 2. The molecule has 0 bridgehead atoms. The van der Waals surface area contributed by atoms with Gasteiger partial charge in [0.2, 0.25) is 0 Å². The van der Waals surface area contributed by atoms with Crippen molar-refractivity contribution in [2.24, 2.45) is 0 Å². The second kappa shape index (κ2) is 7.94. The van der Waals surface area contributed by atoms with Gasteiger partial charge in [-0.3, -0.25) is 4.79 Å². The third-order valence-corrected chi connectivity index (χ3v) is 5.11. The maximum atomic E-state index is 12.3. The van der Waals surface area contributed by atoms with E-state index in [0.717, 1.165) is 25.1 Å². The maximum absolute atomic E-state index is 12.3. The number of amides is 1. The lowest BCUT2D eigenvalue weighted by Crippen LogP contribution is -2.33. The lowest BCUT2D eigenvalue weighted by molar-refractivity contribution is 0.0953. The van der Waals surface area contributed by atoms with Gasteiger partial charge in [-0.2, -0.15) is 0 Å². The smallest absolute Gasteiger partial charge is 0.251 e. The first-order valence-electron chi connectivity index (χ1n) is 9.67. The predicted molar refractivity (Wildman–Crippen MR) is 109 cm³/mol. The van der Waals surface area contributed by atoms with Crippen LogP contribution in [0.25, 0.3) is 0 Å². The van der Waals surface area contributed by atoms with Crippen molar-refractivity contribution in [3.63, 3.8) is 0 Å². The average molecular weight is 351 g/mol. The minimum absolute atomic E-state index is 0.0181.